The van der Waals surface area contributed by atoms with Gasteiger partial charge in [-0.2, -0.15) is 0 Å². The average molecular weight is 723 g/mol. The number of carbonyl (C=O) groups excluding carboxylic acids is 2. The highest BCUT2D eigenvalue weighted by Gasteiger charge is 2.47. The fraction of sp³-hybridized carbons (Fsp3) is 0.860. The quantitative estimate of drug-likeness (QED) is 0.0384. The summed E-state index contributed by atoms with van der Waals surface area (Å²) in [5.41, 5.74) is 0. The summed E-state index contributed by atoms with van der Waals surface area (Å²) in [5, 5.41) is 21.4. The smallest absolute Gasteiger partial charge is 0.306 e. The van der Waals surface area contributed by atoms with E-state index >= 15 is 0 Å². The third-order valence-corrected chi connectivity index (χ3v) is 9.84. The van der Waals surface area contributed by atoms with E-state index in [-0.39, 0.29) is 19.0 Å². The highest BCUT2D eigenvalue weighted by atomic mass is 16.7. The first-order valence-corrected chi connectivity index (χ1v) is 21.1. The van der Waals surface area contributed by atoms with Crippen LogP contribution in [-0.2, 0) is 28.5 Å². The first kappa shape index (κ1) is 47.3. The molecule has 298 valence electrons. The summed E-state index contributed by atoms with van der Waals surface area (Å²) < 4.78 is 21.9. The SMILES string of the molecule is CCCCCCCC/C=C\CCCCCCCC(=O)OC[C@H]1O[C@H](OC)[C@H](OC(=O)CCCCCCC/C=C/CCCCCCCC)[C@@H](O)[C@@H]1O. The molecule has 0 aromatic carbocycles. The third kappa shape index (κ3) is 25.8. The molecule has 8 nitrogen and oxygen atoms in total. The summed E-state index contributed by atoms with van der Waals surface area (Å²) in [4.78, 5) is 24.8. The monoisotopic (exact) mass is 723 g/mol. The molecule has 0 unspecified atom stereocenters. The van der Waals surface area contributed by atoms with Crippen LogP contribution in [0.1, 0.15) is 194 Å². The van der Waals surface area contributed by atoms with Crippen molar-refractivity contribution in [3.8, 4) is 0 Å². The van der Waals surface area contributed by atoms with E-state index in [0.717, 1.165) is 64.2 Å². The number of allylic oxidation sites excluding steroid dienone is 4. The minimum atomic E-state index is -1.42. The predicted octanol–water partition coefficient (Wildman–Crippen LogP) is 10.6. The van der Waals surface area contributed by atoms with Crippen LogP contribution in [0.3, 0.4) is 0 Å². The molecule has 0 aromatic rings. The molecule has 0 radical (unpaired) electrons. The Bertz CT molecular complexity index is 870. The van der Waals surface area contributed by atoms with E-state index in [1.165, 1.54) is 103 Å². The normalized spacial score (nSPS) is 20.8. The van der Waals surface area contributed by atoms with Crippen LogP contribution in [0.15, 0.2) is 24.3 Å². The maximum Gasteiger partial charge on any atom is 0.306 e. The number of hydrogen-bond acceptors (Lipinski definition) is 8. The fourth-order valence-electron chi connectivity index (χ4n) is 6.50. The molecule has 0 amide bonds. The lowest BCUT2D eigenvalue weighted by molar-refractivity contribution is -0.298. The number of aliphatic hydroxyl groups excluding tert-OH is 2. The molecule has 1 saturated heterocycles. The molecule has 0 saturated carbocycles. The summed E-state index contributed by atoms with van der Waals surface area (Å²) >= 11 is 0. The van der Waals surface area contributed by atoms with Crippen LogP contribution in [0.2, 0.25) is 0 Å². The highest BCUT2D eigenvalue weighted by molar-refractivity contribution is 5.69. The second-order valence-corrected chi connectivity index (χ2v) is 14.6. The molecule has 0 aliphatic carbocycles. The number of hydrogen-bond donors (Lipinski definition) is 2. The van der Waals surface area contributed by atoms with Crippen molar-refractivity contribution in [2.24, 2.45) is 0 Å². The van der Waals surface area contributed by atoms with Crippen molar-refractivity contribution in [1.29, 1.82) is 0 Å². The first-order chi connectivity index (χ1) is 24.9. The zero-order chi connectivity index (χ0) is 37.2. The van der Waals surface area contributed by atoms with Gasteiger partial charge in [-0.15, -0.1) is 0 Å². The summed E-state index contributed by atoms with van der Waals surface area (Å²) in [7, 11) is 1.38. The van der Waals surface area contributed by atoms with Gasteiger partial charge in [0, 0.05) is 20.0 Å². The molecule has 2 N–H and O–H groups in total. The molecule has 1 aliphatic heterocycles. The zero-order valence-electron chi connectivity index (χ0n) is 33.0. The van der Waals surface area contributed by atoms with Crippen molar-refractivity contribution in [2.45, 2.75) is 224 Å². The van der Waals surface area contributed by atoms with E-state index < -0.39 is 36.7 Å². The van der Waals surface area contributed by atoms with Gasteiger partial charge < -0.3 is 29.2 Å². The average Bonchev–Trinajstić information content (AvgIpc) is 3.13. The number of esters is 2. The van der Waals surface area contributed by atoms with Gasteiger partial charge in [0.1, 0.15) is 24.9 Å². The number of rotatable bonds is 34. The zero-order valence-corrected chi connectivity index (χ0v) is 33.0. The van der Waals surface area contributed by atoms with Crippen molar-refractivity contribution >= 4 is 11.9 Å². The lowest BCUT2D eigenvalue weighted by atomic mass is 9.99. The number of methoxy groups -OCH3 is 1. The predicted molar refractivity (Wildman–Crippen MR) is 207 cm³/mol. The molecule has 5 atom stereocenters. The van der Waals surface area contributed by atoms with Gasteiger partial charge in [0.15, 0.2) is 12.4 Å². The molecule has 0 aromatic heterocycles. The van der Waals surface area contributed by atoms with E-state index in [2.05, 4.69) is 38.2 Å². The Kier molecular flexibility index (Phi) is 31.6. The molecule has 0 spiro atoms. The van der Waals surface area contributed by atoms with E-state index in [4.69, 9.17) is 18.9 Å². The molecule has 1 heterocycles. The third-order valence-electron chi connectivity index (χ3n) is 9.84. The highest BCUT2D eigenvalue weighted by Crippen LogP contribution is 2.25. The van der Waals surface area contributed by atoms with E-state index in [1.54, 1.807) is 0 Å². The fourth-order valence-corrected chi connectivity index (χ4v) is 6.50. The van der Waals surface area contributed by atoms with E-state index in [9.17, 15) is 19.8 Å². The summed E-state index contributed by atoms with van der Waals surface area (Å²) in [6.45, 7) is 4.29. The van der Waals surface area contributed by atoms with Crippen LogP contribution >= 0.6 is 0 Å². The Morgan fingerprint density at radius 3 is 1.37 bits per heavy atom. The van der Waals surface area contributed by atoms with Gasteiger partial charge in [0.05, 0.1) is 0 Å². The topological polar surface area (TPSA) is 112 Å². The molecule has 51 heavy (non-hydrogen) atoms. The van der Waals surface area contributed by atoms with Crippen LogP contribution in [0.25, 0.3) is 0 Å². The van der Waals surface area contributed by atoms with Crippen molar-refractivity contribution in [2.75, 3.05) is 13.7 Å². The van der Waals surface area contributed by atoms with Gasteiger partial charge in [-0.25, -0.2) is 0 Å². The molecular formula is C43H78O8. The number of aliphatic hydroxyl groups is 2. The van der Waals surface area contributed by atoms with Crippen LogP contribution < -0.4 is 0 Å². The van der Waals surface area contributed by atoms with Gasteiger partial charge in [-0.05, 0) is 64.2 Å². The maximum absolute atomic E-state index is 12.5. The molecule has 1 rings (SSSR count). The summed E-state index contributed by atoms with van der Waals surface area (Å²) in [5.74, 6) is -0.820. The molecular weight excluding hydrogens is 644 g/mol. The van der Waals surface area contributed by atoms with Crippen LogP contribution in [-0.4, -0.2) is 66.6 Å². The van der Waals surface area contributed by atoms with Crippen LogP contribution in [0, 0.1) is 0 Å². The number of ether oxygens (including phenoxy) is 4. The van der Waals surface area contributed by atoms with E-state index in [1.807, 2.05) is 0 Å². The Morgan fingerprint density at radius 1 is 0.549 bits per heavy atom. The van der Waals surface area contributed by atoms with E-state index in [0.29, 0.717) is 12.8 Å². The molecule has 1 fully saturated rings. The lowest BCUT2D eigenvalue weighted by Crippen LogP contribution is -2.60. The van der Waals surface area contributed by atoms with Gasteiger partial charge in [-0.1, -0.05) is 141 Å². The molecule has 1 aliphatic rings. The van der Waals surface area contributed by atoms with Gasteiger partial charge in [-0.3, -0.25) is 9.59 Å². The van der Waals surface area contributed by atoms with Gasteiger partial charge >= 0.3 is 11.9 Å². The van der Waals surface area contributed by atoms with Crippen LogP contribution in [0.4, 0.5) is 0 Å². The molecule has 8 heteroatoms. The van der Waals surface area contributed by atoms with Crippen molar-refractivity contribution < 1.29 is 38.7 Å². The lowest BCUT2D eigenvalue weighted by Gasteiger charge is -2.41. The Balaban J connectivity index is 2.12. The molecule has 0 bridgehead atoms. The minimum absolute atomic E-state index is 0.211. The van der Waals surface area contributed by atoms with Gasteiger partial charge in [0.2, 0.25) is 0 Å². The minimum Gasteiger partial charge on any atom is -0.463 e. The first-order valence-electron chi connectivity index (χ1n) is 21.1. The second kappa shape index (κ2) is 34.1. The van der Waals surface area contributed by atoms with Crippen molar-refractivity contribution in [1.82, 2.24) is 0 Å². The standard InChI is InChI=1S/C43H78O8/c1-4-6-8-10-12-14-16-18-20-22-24-26-28-30-32-34-38(44)49-36-37-40(46)41(47)42(43(48-3)50-37)51-39(45)35-33-31-29-27-25-23-21-19-17-15-13-11-9-7-5-2/h18-21,37,40-43,46-47H,4-17,22-36H2,1-3H3/b20-18-,21-19+/t37-,40-,41+,42-,43+/m1/s1. The number of carbonyl (C=O) groups is 2. The Hall–Kier alpha value is -1.74. The Labute approximate surface area is 312 Å². The largest absolute Gasteiger partial charge is 0.463 e. The van der Waals surface area contributed by atoms with Crippen molar-refractivity contribution in [3.05, 3.63) is 24.3 Å². The summed E-state index contributed by atoms with van der Waals surface area (Å²) in [6, 6.07) is 0. The maximum atomic E-state index is 12.5. The second-order valence-electron chi connectivity index (χ2n) is 14.6. The number of unbranched alkanes of at least 4 members (excludes halogenated alkanes) is 22. The van der Waals surface area contributed by atoms with Gasteiger partial charge in [0.25, 0.3) is 0 Å². The Morgan fingerprint density at radius 2 is 0.941 bits per heavy atom. The summed E-state index contributed by atoms with van der Waals surface area (Å²) in [6.07, 6.45) is 34.5. The van der Waals surface area contributed by atoms with Crippen LogP contribution in [0.5, 0.6) is 0 Å². The van der Waals surface area contributed by atoms with Crippen molar-refractivity contribution in [3.63, 3.8) is 0 Å².